The van der Waals surface area contributed by atoms with Crippen molar-refractivity contribution < 1.29 is 4.74 Å². The van der Waals surface area contributed by atoms with Gasteiger partial charge in [-0.1, -0.05) is 0 Å². The molecule has 0 radical (unpaired) electrons. The number of aromatic nitrogens is 1. The Balaban J connectivity index is 3.05. The van der Waals surface area contributed by atoms with Crippen LogP contribution in [0.5, 0.6) is 5.75 Å². The average molecular weight is 265 g/mol. The van der Waals surface area contributed by atoms with Crippen molar-refractivity contribution in [3.05, 3.63) is 24.0 Å². The van der Waals surface area contributed by atoms with Gasteiger partial charge in [-0.3, -0.25) is 4.98 Å². The van der Waals surface area contributed by atoms with Crippen molar-refractivity contribution in [1.29, 1.82) is 0 Å². The first-order chi connectivity index (χ1) is 8.78. The fourth-order valence-corrected chi connectivity index (χ4v) is 2.12. The van der Waals surface area contributed by atoms with Crippen LogP contribution in [-0.2, 0) is 0 Å². The Bertz CT molecular complexity index is 402. The molecule has 1 aromatic rings. The molecule has 0 amide bonds. The first-order valence-corrected chi connectivity index (χ1v) is 6.75. The second-order valence-electron chi connectivity index (χ2n) is 5.89. The van der Waals surface area contributed by atoms with Crippen molar-refractivity contribution in [1.82, 2.24) is 15.2 Å². The van der Waals surface area contributed by atoms with E-state index in [0.717, 1.165) is 11.3 Å². The van der Waals surface area contributed by atoms with Crippen molar-refractivity contribution in [2.24, 2.45) is 0 Å². The summed E-state index contributed by atoms with van der Waals surface area (Å²) in [5, 5.41) is 3.38. The number of hydrogen-bond acceptors (Lipinski definition) is 4. The summed E-state index contributed by atoms with van der Waals surface area (Å²) in [7, 11) is 6.16. The van der Waals surface area contributed by atoms with Gasteiger partial charge in [-0.15, -0.1) is 0 Å². The zero-order valence-corrected chi connectivity index (χ0v) is 13.2. The van der Waals surface area contributed by atoms with Crippen molar-refractivity contribution >= 4 is 0 Å². The molecule has 1 atom stereocenters. The Labute approximate surface area is 117 Å². The SMILES string of the molecule is CNC(c1cncc(OC(C)C)c1)C(C)(C)N(C)C. The van der Waals surface area contributed by atoms with Crippen molar-refractivity contribution in [3.8, 4) is 5.75 Å². The van der Waals surface area contributed by atoms with Crippen LogP contribution in [0.25, 0.3) is 0 Å². The molecule has 1 unspecified atom stereocenters. The zero-order valence-electron chi connectivity index (χ0n) is 13.2. The number of nitrogens with zero attached hydrogens (tertiary/aromatic N) is 2. The van der Waals surface area contributed by atoms with E-state index in [-0.39, 0.29) is 17.7 Å². The summed E-state index contributed by atoms with van der Waals surface area (Å²) in [6.07, 6.45) is 3.82. The standard InChI is InChI=1S/C15H27N3O/c1-11(2)19-13-8-12(9-17-10-13)14(16-5)15(3,4)18(6)7/h8-11,14,16H,1-7H3. The number of likely N-dealkylation sites (N-methyl/N-ethyl adjacent to an activating group) is 2. The van der Waals surface area contributed by atoms with Crippen molar-refractivity contribution in [3.63, 3.8) is 0 Å². The van der Waals surface area contributed by atoms with Crippen LogP contribution in [0.3, 0.4) is 0 Å². The van der Waals surface area contributed by atoms with E-state index < -0.39 is 0 Å². The predicted octanol–water partition coefficient (Wildman–Crippen LogP) is 2.47. The van der Waals surface area contributed by atoms with Gasteiger partial charge in [0.15, 0.2) is 0 Å². The van der Waals surface area contributed by atoms with E-state index in [9.17, 15) is 0 Å². The minimum absolute atomic E-state index is 0.0209. The van der Waals surface area contributed by atoms with Gasteiger partial charge < -0.3 is 15.0 Å². The summed E-state index contributed by atoms with van der Waals surface area (Å²) >= 11 is 0. The van der Waals surface area contributed by atoms with Crippen LogP contribution >= 0.6 is 0 Å². The van der Waals surface area contributed by atoms with Crippen molar-refractivity contribution in [2.45, 2.75) is 45.4 Å². The lowest BCUT2D eigenvalue weighted by atomic mass is 9.88. The quantitative estimate of drug-likeness (QED) is 0.857. The fourth-order valence-electron chi connectivity index (χ4n) is 2.12. The summed E-state index contributed by atoms with van der Waals surface area (Å²) in [5.41, 5.74) is 1.12. The first kappa shape index (κ1) is 15.9. The van der Waals surface area contributed by atoms with E-state index in [4.69, 9.17) is 4.74 Å². The molecule has 108 valence electrons. The Hall–Kier alpha value is -1.13. The Morgan fingerprint density at radius 2 is 1.89 bits per heavy atom. The molecule has 4 nitrogen and oxygen atoms in total. The minimum Gasteiger partial charge on any atom is -0.489 e. The number of hydrogen-bond donors (Lipinski definition) is 1. The largest absolute Gasteiger partial charge is 0.489 e. The van der Waals surface area contributed by atoms with Crippen LogP contribution in [0.4, 0.5) is 0 Å². The summed E-state index contributed by atoms with van der Waals surface area (Å²) < 4.78 is 5.72. The Morgan fingerprint density at radius 3 is 2.37 bits per heavy atom. The highest BCUT2D eigenvalue weighted by Crippen LogP contribution is 2.30. The number of ether oxygens (including phenoxy) is 1. The summed E-state index contributed by atoms with van der Waals surface area (Å²) in [4.78, 5) is 6.51. The van der Waals surface area contributed by atoms with Crippen LogP contribution in [-0.4, -0.2) is 42.7 Å². The maximum atomic E-state index is 5.72. The van der Waals surface area contributed by atoms with Crippen LogP contribution in [0, 0.1) is 0 Å². The molecule has 0 fully saturated rings. The molecule has 1 N–H and O–H groups in total. The van der Waals surface area contributed by atoms with E-state index in [0.29, 0.717) is 0 Å². The van der Waals surface area contributed by atoms with Gasteiger partial charge in [0.05, 0.1) is 18.3 Å². The van der Waals surface area contributed by atoms with Crippen LogP contribution in [0.1, 0.15) is 39.3 Å². The lowest BCUT2D eigenvalue weighted by Gasteiger charge is -2.40. The lowest BCUT2D eigenvalue weighted by Crippen LogP contribution is -2.48. The van der Waals surface area contributed by atoms with Gasteiger partial charge in [-0.2, -0.15) is 0 Å². The highest BCUT2D eigenvalue weighted by Gasteiger charge is 2.32. The van der Waals surface area contributed by atoms with E-state index in [1.165, 1.54) is 0 Å². The van der Waals surface area contributed by atoms with Gasteiger partial charge in [0, 0.05) is 11.7 Å². The summed E-state index contributed by atoms with van der Waals surface area (Å²) in [6, 6.07) is 2.25. The second kappa shape index (κ2) is 6.35. The molecular formula is C15H27N3O. The number of nitrogens with one attached hydrogen (secondary N) is 1. The van der Waals surface area contributed by atoms with Crippen LogP contribution in [0.2, 0.25) is 0 Å². The third-order valence-electron chi connectivity index (χ3n) is 3.59. The highest BCUT2D eigenvalue weighted by atomic mass is 16.5. The van der Waals surface area contributed by atoms with Gasteiger partial charge in [0.1, 0.15) is 5.75 Å². The molecule has 1 rings (SSSR count). The van der Waals surface area contributed by atoms with Crippen molar-refractivity contribution in [2.75, 3.05) is 21.1 Å². The molecule has 19 heavy (non-hydrogen) atoms. The molecule has 0 saturated heterocycles. The molecule has 1 aromatic heterocycles. The van der Waals surface area contributed by atoms with Crippen LogP contribution in [0.15, 0.2) is 18.5 Å². The fraction of sp³-hybridized carbons (Fsp3) is 0.667. The van der Waals surface area contributed by atoms with E-state index in [1.54, 1.807) is 6.20 Å². The number of pyridine rings is 1. The normalized spacial score (nSPS) is 13.9. The third kappa shape index (κ3) is 3.91. The molecule has 0 aliphatic heterocycles. The van der Waals surface area contributed by atoms with E-state index >= 15 is 0 Å². The topological polar surface area (TPSA) is 37.4 Å². The maximum Gasteiger partial charge on any atom is 0.138 e. The lowest BCUT2D eigenvalue weighted by molar-refractivity contribution is 0.142. The van der Waals surface area contributed by atoms with Gasteiger partial charge in [0.2, 0.25) is 0 Å². The molecule has 0 aromatic carbocycles. The summed E-state index contributed by atoms with van der Waals surface area (Å²) in [5.74, 6) is 0.822. The predicted molar refractivity (Wildman–Crippen MR) is 79.6 cm³/mol. The van der Waals surface area contributed by atoms with Crippen LogP contribution < -0.4 is 10.1 Å². The van der Waals surface area contributed by atoms with Gasteiger partial charge in [0.25, 0.3) is 0 Å². The minimum atomic E-state index is -0.0209. The molecule has 1 heterocycles. The second-order valence-corrected chi connectivity index (χ2v) is 5.89. The Kier molecular flexibility index (Phi) is 5.32. The van der Waals surface area contributed by atoms with Gasteiger partial charge in [-0.05, 0) is 60.5 Å². The molecular weight excluding hydrogens is 238 g/mol. The molecule has 0 bridgehead atoms. The highest BCUT2D eigenvalue weighted by molar-refractivity contribution is 5.28. The molecule has 0 saturated carbocycles. The van der Waals surface area contributed by atoms with Gasteiger partial charge in [-0.25, -0.2) is 0 Å². The van der Waals surface area contributed by atoms with Gasteiger partial charge >= 0.3 is 0 Å². The number of rotatable bonds is 6. The third-order valence-corrected chi connectivity index (χ3v) is 3.59. The monoisotopic (exact) mass is 265 g/mol. The molecule has 0 spiro atoms. The Morgan fingerprint density at radius 1 is 1.26 bits per heavy atom. The molecule has 0 aliphatic carbocycles. The van der Waals surface area contributed by atoms with E-state index in [1.807, 2.05) is 27.1 Å². The summed E-state index contributed by atoms with van der Waals surface area (Å²) in [6.45, 7) is 8.46. The zero-order chi connectivity index (χ0) is 14.6. The average Bonchev–Trinajstić information content (AvgIpc) is 2.28. The molecule has 0 aliphatic rings. The first-order valence-electron chi connectivity index (χ1n) is 6.75. The smallest absolute Gasteiger partial charge is 0.138 e. The molecule has 4 heteroatoms. The van der Waals surface area contributed by atoms with E-state index in [2.05, 4.69) is 49.2 Å². The maximum absolute atomic E-state index is 5.72.